The first-order chi connectivity index (χ1) is 11.8. The first kappa shape index (κ1) is 20.4. The quantitative estimate of drug-likeness (QED) is 0.717. The van der Waals surface area contributed by atoms with Gasteiger partial charge in [0.05, 0.1) is 26.8 Å². The number of likely N-dealkylation sites (N-methyl/N-ethyl adjacent to an activating group) is 1. The molecule has 3 heteroatoms. The summed E-state index contributed by atoms with van der Waals surface area (Å²) in [6.07, 6.45) is 3.60. The van der Waals surface area contributed by atoms with Crippen molar-refractivity contribution in [2.75, 3.05) is 27.2 Å². The van der Waals surface area contributed by atoms with Gasteiger partial charge in [-0.1, -0.05) is 57.5 Å². The van der Waals surface area contributed by atoms with Gasteiger partial charge >= 0.3 is 0 Å². The Kier molecular flexibility index (Phi) is 7.48. The molecule has 2 rings (SSSR count). The third-order valence-electron chi connectivity index (χ3n) is 5.62. The smallest absolute Gasteiger partial charge is 0.126 e. The first-order valence-corrected chi connectivity index (χ1v) is 9.92. The monoisotopic (exact) mass is 348 g/mol. The average molecular weight is 349 g/mol. The fourth-order valence-electron chi connectivity index (χ4n) is 4.31. The fourth-order valence-corrected chi connectivity index (χ4v) is 4.31. The van der Waals surface area contributed by atoms with Gasteiger partial charge in [-0.05, 0) is 30.6 Å². The molecule has 1 aromatic carbocycles. The second kappa shape index (κ2) is 9.16. The predicted octanol–water partition coefficient (Wildman–Crippen LogP) is 4.10. The Labute approximate surface area is 154 Å². The number of aliphatic hydroxyl groups excluding tert-OH is 1. The maximum atomic E-state index is 10.5. The first-order valence-electron chi connectivity index (χ1n) is 9.92. The van der Waals surface area contributed by atoms with E-state index in [4.69, 9.17) is 4.74 Å². The molecule has 1 aromatic rings. The molecule has 1 N–H and O–H groups in total. The second-order valence-electron chi connectivity index (χ2n) is 9.11. The number of quaternary nitrogens is 1. The van der Waals surface area contributed by atoms with Crippen LogP contribution in [0.3, 0.4) is 0 Å². The van der Waals surface area contributed by atoms with E-state index in [1.165, 1.54) is 18.4 Å². The Morgan fingerprint density at radius 1 is 1.16 bits per heavy atom. The molecule has 0 saturated heterocycles. The molecule has 0 aromatic heterocycles. The van der Waals surface area contributed by atoms with Crippen molar-refractivity contribution in [1.82, 2.24) is 0 Å². The summed E-state index contributed by atoms with van der Waals surface area (Å²) in [5.74, 6) is 2.03. The van der Waals surface area contributed by atoms with Crippen molar-refractivity contribution >= 4 is 0 Å². The lowest BCUT2D eigenvalue weighted by molar-refractivity contribution is -0.906. The lowest BCUT2D eigenvalue weighted by Crippen LogP contribution is -2.46. The minimum absolute atomic E-state index is 0.308. The summed E-state index contributed by atoms with van der Waals surface area (Å²) >= 11 is 0. The third kappa shape index (κ3) is 6.73. The fraction of sp³-hybridized carbons (Fsp3) is 0.727. The van der Waals surface area contributed by atoms with Crippen molar-refractivity contribution in [3.05, 3.63) is 35.9 Å². The molecule has 1 fully saturated rings. The van der Waals surface area contributed by atoms with Gasteiger partial charge in [-0.25, -0.2) is 0 Å². The Bertz CT molecular complexity index is 500. The van der Waals surface area contributed by atoms with Crippen LogP contribution < -0.4 is 0 Å². The van der Waals surface area contributed by atoms with Gasteiger partial charge in [-0.3, -0.25) is 0 Å². The number of hydrogen-bond donors (Lipinski definition) is 1. The number of aliphatic hydroxyl groups is 1. The zero-order valence-corrected chi connectivity index (χ0v) is 16.8. The summed E-state index contributed by atoms with van der Waals surface area (Å²) in [4.78, 5) is 0. The van der Waals surface area contributed by atoms with Crippen molar-refractivity contribution in [1.29, 1.82) is 0 Å². The van der Waals surface area contributed by atoms with Crippen LogP contribution >= 0.6 is 0 Å². The SMILES string of the molecule is CC1CCC(C(C)C)C(OCC(O)C[N+](C)(C)Cc2ccccc2)C1. The van der Waals surface area contributed by atoms with E-state index in [0.717, 1.165) is 23.4 Å². The maximum absolute atomic E-state index is 10.5. The lowest BCUT2D eigenvalue weighted by Gasteiger charge is -2.38. The highest BCUT2D eigenvalue weighted by Gasteiger charge is 2.32. The molecule has 1 aliphatic carbocycles. The molecule has 0 amide bonds. The topological polar surface area (TPSA) is 29.5 Å². The van der Waals surface area contributed by atoms with Crippen LogP contribution in [0.25, 0.3) is 0 Å². The van der Waals surface area contributed by atoms with Crippen molar-refractivity contribution in [2.45, 2.75) is 58.8 Å². The maximum Gasteiger partial charge on any atom is 0.126 e. The van der Waals surface area contributed by atoms with Crippen LogP contribution in [0, 0.1) is 17.8 Å². The molecule has 4 unspecified atom stereocenters. The standard InChI is InChI=1S/C22H38NO2/c1-17(2)21-12-11-18(3)13-22(21)25-16-20(24)15-23(4,5)14-19-9-7-6-8-10-19/h6-10,17-18,20-22,24H,11-16H2,1-5H3/q+1. The van der Waals surface area contributed by atoms with Crippen LogP contribution in [-0.2, 0) is 11.3 Å². The van der Waals surface area contributed by atoms with Gasteiger partial charge in [0.25, 0.3) is 0 Å². The molecule has 142 valence electrons. The van der Waals surface area contributed by atoms with Crippen LogP contribution in [0.4, 0.5) is 0 Å². The summed E-state index contributed by atoms with van der Waals surface area (Å²) in [7, 11) is 4.35. The third-order valence-corrected chi connectivity index (χ3v) is 5.62. The van der Waals surface area contributed by atoms with Gasteiger partial charge in [-0.2, -0.15) is 0 Å². The Morgan fingerprint density at radius 3 is 2.48 bits per heavy atom. The summed E-state index contributed by atoms with van der Waals surface area (Å²) in [5.41, 5.74) is 1.31. The molecule has 0 bridgehead atoms. The summed E-state index contributed by atoms with van der Waals surface area (Å²) in [6, 6.07) is 10.5. The molecule has 4 atom stereocenters. The van der Waals surface area contributed by atoms with Crippen molar-refractivity contribution < 1.29 is 14.3 Å². The Morgan fingerprint density at radius 2 is 1.84 bits per heavy atom. The minimum atomic E-state index is -0.413. The average Bonchev–Trinajstić information content (AvgIpc) is 2.52. The summed E-state index contributed by atoms with van der Waals surface area (Å²) in [5, 5.41) is 10.5. The van der Waals surface area contributed by atoms with Crippen molar-refractivity contribution in [3.63, 3.8) is 0 Å². The largest absolute Gasteiger partial charge is 0.385 e. The molecule has 0 aliphatic heterocycles. The highest BCUT2D eigenvalue weighted by molar-refractivity contribution is 5.13. The van der Waals surface area contributed by atoms with Gasteiger partial charge in [0.2, 0.25) is 0 Å². The predicted molar refractivity (Wildman–Crippen MR) is 104 cm³/mol. The Hall–Kier alpha value is -0.900. The number of ether oxygens (including phenoxy) is 1. The highest BCUT2D eigenvalue weighted by Crippen LogP contribution is 2.35. The molecular weight excluding hydrogens is 310 g/mol. The van der Waals surface area contributed by atoms with E-state index in [1.54, 1.807) is 0 Å². The van der Waals surface area contributed by atoms with E-state index in [-0.39, 0.29) is 0 Å². The molecule has 3 nitrogen and oxygen atoms in total. The van der Waals surface area contributed by atoms with E-state index < -0.39 is 6.10 Å². The highest BCUT2D eigenvalue weighted by atomic mass is 16.5. The summed E-state index contributed by atoms with van der Waals surface area (Å²) < 4.78 is 6.99. The van der Waals surface area contributed by atoms with Crippen LogP contribution in [0.15, 0.2) is 30.3 Å². The van der Waals surface area contributed by atoms with Crippen LogP contribution in [0.5, 0.6) is 0 Å². The molecule has 25 heavy (non-hydrogen) atoms. The number of rotatable bonds is 8. The van der Waals surface area contributed by atoms with E-state index in [0.29, 0.717) is 31.1 Å². The second-order valence-corrected chi connectivity index (χ2v) is 9.11. The van der Waals surface area contributed by atoms with Gasteiger partial charge < -0.3 is 14.3 Å². The van der Waals surface area contributed by atoms with Gasteiger partial charge in [0.15, 0.2) is 0 Å². The van der Waals surface area contributed by atoms with Crippen LogP contribution in [-0.4, -0.2) is 49.0 Å². The molecule has 0 radical (unpaired) electrons. The minimum Gasteiger partial charge on any atom is -0.385 e. The molecule has 1 saturated carbocycles. The molecule has 0 spiro atoms. The lowest BCUT2D eigenvalue weighted by atomic mass is 9.75. The van der Waals surface area contributed by atoms with E-state index >= 15 is 0 Å². The van der Waals surface area contributed by atoms with E-state index in [9.17, 15) is 5.11 Å². The zero-order chi connectivity index (χ0) is 18.4. The molecule has 0 heterocycles. The Balaban J connectivity index is 1.83. The normalized spacial score (nSPS) is 26.0. The van der Waals surface area contributed by atoms with E-state index in [1.807, 2.05) is 6.07 Å². The van der Waals surface area contributed by atoms with Crippen LogP contribution in [0.2, 0.25) is 0 Å². The van der Waals surface area contributed by atoms with Crippen molar-refractivity contribution in [2.24, 2.45) is 17.8 Å². The van der Waals surface area contributed by atoms with E-state index in [2.05, 4.69) is 59.1 Å². The molecular formula is C22H38NO2+. The number of hydrogen-bond acceptors (Lipinski definition) is 2. The van der Waals surface area contributed by atoms with Crippen LogP contribution in [0.1, 0.15) is 45.6 Å². The van der Waals surface area contributed by atoms with Gasteiger partial charge in [-0.15, -0.1) is 0 Å². The van der Waals surface area contributed by atoms with Gasteiger partial charge in [0, 0.05) is 5.56 Å². The zero-order valence-electron chi connectivity index (χ0n) is 16.8. The summed E-state index contributed by atoms with van der Waals surface area (Å²) in [6.45, 7) is 9.01. The molecule has 1 aliphatic rings. The van der Waals surface area contributed by atoms with Crippen molar-refractivity contribution in [3.8, 4) is 0 Å². The number of nitrogens with zero attached hydrogens (tertiary/aromatic N) is 1. The number of benzene rings is 1. The van der Waals surface area contributed by atoms with Gasteiger partial charge in [0.1, 0.15) is 19.2 Å².